The van der Waals surface area contributed by atoms with Gasteiger partial charge in [-0.2, -0.15) is 0 Å². The monoisotopic (exact) mass is 308 g/mol. The normalized spacial score (nSPS) is 25.7. The molecule has 4 nitrogen and oxygen atoms in total. The Morgan fingerprint density at radius 3 is 2.95 bits per heavy atom. The second-order valence-electron chi connectivity index (χ2n) is 6.34. The third kappa shape index (κ3) is 3.00. The summed E-state index contributed by atoms with van der Waals surface area (Å²) in [6.45, 7) is 7.21. The SMILES string of the molecule is CC(O)C1CCN(C(C)C(=O)N2CCc3sccc3C2)C1. The predicted molar refractivity (Wildman–Crippen MR) is 84.3 cm³/mol. The molecule has 1 N–H and O–H groups in total. The zero-order valence-corrected chi connectivity index (χ0v) is 13.6. The van der Waals surface area contributed by atoms with E-state index in [9.17, 15) is 9.90 Å². The molecule has 0 spiro atoms. The first-order valence-electron chi connectivity index (χ1n) is 7.82. The van der Waals surface area contributed by atoms with Gasteiger partial charge >= 0.3 is 0 Å². The first-order chi connectivity index (χ1) is 10.1. The van der Waals surface area contributed by atoms with Crippen LogP contribution < -0.4 is 0 Å². The largest absolute Gasteiger partial charge is 0.393 e. The maximum Gasteiger partial charge on any atom is 0.239 e. The molecule has 0 aliphatic carbocycles. The van der Waals surface area contributed by atoms with Crippen LogP contribution in [0.3, 0.4) is 0 Å². The summed E-state index contributed by atoms with van der Waals surface area (Å²) in [6, 6.07) is 2.07. The van der Waals surface area contributed by atoms with Gasteiger partial charge in [-0.05, 0) is 56.2 Å². The first kappa shape index (κ1) is 15.0. The quantitative estimate of drug-likeness (QED) is 0.925. The average molecular weight is 308 g/mol. The molecule has 1 aromatic heterocycles. The fraction of sp³-hybridized carbons (Fsp3) is 0.688. The Bertz CT molecular complexity index is 514. The lowest BCUT2D eigenvalue weighted by atomic mass is 10.0. The Hall–Kier alpha value is -0.910. The lowest BCUT2D eigenvalue weighted by Gasteiger charge is -2.33. The van der Waals surface area contributed by atoms with Crippen molar-refractivity contribution in [3.63, 3.8) is 0 Å². The van der Waals surface area contributed by atoms with Gasteiger partial charge in [0, 0.05) is 24.5 Å². The van der Waals surface area contributed by atoms with Crippen molar-refractivity contribution in [1.82, 2.24) is 9.80 Å². The summed E-state index contributed by atoms with van der Waals surface area (Å²) in [7, 11) is 0. The molecule has 0 saturated carbocycles. The van der Waals surface area contributed by atoms with Crippen molar-refractivity contribution in [3.8, 4) is 0 Å². The lowest BCUT2D eigenvalue weighted by Crippen LogP contribution is -2.47. The standard InChI is InChI=1S/C16H24N2O2S/c1-11(17-6-3-13(9-17)12(2)19)16(20)18-7-4-15-14(10-18)5-8-21-15/h5,8,11-13,19H,3-4,6-7,9-10H2,1-2H3. The smallest absolute Gasteiger partial charge is 0.239 e. The Morgan fingerprint density at radius 2 is 2.24 bits per heavy atom. The van der Waals surface area contributed by atoms with Crippen LogP contribution in [0.1, 0.15) is 30.7 Å². The molecule has 1 aromatic rings. The molecule has 3 unspecified atom stereocenters. The number of carbonyl (C=O) groups excluding carboxylic acids is 1. The fourth-order valence-electron chi connectivity index (χ4n) is 3.42. The van der Waals surface area contributed by atoms with Crippen LogP contribution in [0.4, 0.5) is 0 Å². The molecular formula is C16H24N2O2S. The molecule has 1 amide bonds. The molecule has 2 aliphatic heterocycles. The fourth-order valence-corrected chi connectivity index (χ4v) is 4.31. The molecule has 3 heterocycles. The van der Waals surface area contributed by atoms with E-state index < -0.39 is 0 Å². The predicted octanol–water partition coefficient (Wildman–Crippen LogP) is 1.72. The molecule has 3 rings (SSSR count). The number of hydrogen-bond donors (Lipinski definition) is 1. The second kappa shape index (κ2) is 6.07. The van der Waals surface area contributed by atoms with E-state index in [2.05, 4.69) is 16.3 Å². The van der Waals surface area contributed by atoms with Gasteiger partial charge in [0.25, 0.3) is 0 Å². The summed E-state index contributed by atoms with van der Waals surface area (Å²) in [5.74, 6) is 0.545. The Kier molecular flexibility index (Phi) is 4.33. The van der Waals surface area contributed by atoms with Gasteiger partial charge in [-0.1, -0.05) is 0 Å². The molecule has 0 bridgehead atoms. The van der Waals surface area contributed by atoms with Crippen LogP contribution >= 0.6 is 11.3 Å². The minimum atomic E-state index is -0.277. The van der Waals surface area contributed by atoms with E-state index in [1.165, 1.54) is 10.4 Å². The molecule has 2 aliphatic rings. The molecule has 116 valence electrons. The van der Waals surface area contributed by atoms with Crippen molar-refractivity contribution in [3.05, 3.63) is 21.9 Å². The van der Waals surface area contributed by atoms with Crippen molar-refractivity contribution in [2.24, 2.45) is 5.92 Å². The molecule has 0 radical (unpaired) electrons. The highest BCUT2D eigenvalue weighted by Gasteiger charge is 2.34. The van der Waals surface area contributed by atoms with E-state index in [0.29, 0.717) is 5.92 Å². The number of carbonyl (C=O) groups is 1. The number of rotatable bonds is 3. The van der Waals surface area contributed by atoms with Gasteiger partial charge in [0.1, 0.15) is 0 Å². The summed E-state index contributed by atoms with van der Waals surface area (Å²) in [5, 5.41) is 11.8. The van der Waals surface area contributed by atoms with Crippen LogP contribution in [-0.2, 0) is 17.8 Å². The number of fused-ring (bicyclic) bond motifs is 1. The summed E-state index contributed by atoms with van der Waals surface area (Å²) in [5.41, 5.74) is 1.31. The van der Waals surface area contributed by atoms with Gasteiger partial charge in [0.15, 0.2) is 0 Å². The number of hydrogen-bond acceptors (Lipinski definition) is 4. The number of thiophene rings is 1. The maximum atomic E-state index is 12.7. The molecule has 21 heavy (non-hydrogen) atoms. The van der Waals surface area contributed by atoms with Crippen molar-refractivity contribution < 1.29 is 9.90 Å². The van der Waals surface area contributed by atoms with Gasteiger partial charge in [-0.15, -0.1) is 11.3 Å². The number of aliphatic hydroxyl groups excluding tert-OH is 1. The molecule has 1 saturated heterocycles. The van der Waals surface area contributed by atoms with Crippen LogP contribution in [0, 0.1) is 5.92 Å². The van der Waals surface area contributed by atoms with Crippen molar-refractivity contribution >= 4 is 17.2 Å². The van der Waals surface area contributed by atoms with Crippen LogP contribution in [0.2, 0.25) is 0 Å². The van der Waals surface area contributed by atoms with Gasteiger partial charge in [0.05, 0.1) is 12.1 Å². The zero-order valence-electron chi connectivity index (χ0n) is 12.8. The number of nitrogens with zero attached hydrogens (tertiary/aromatic N) is 2. The third-order valence-corrected chi connectivity index (χ3v) is 5.99. The molecular weight excluding hydrogens is 284 g/mol. The van der Waals surface area contributed by atoms with Gasteiger partial charge in [-0.25, -0.2) is 0 Å². The number of aliphatic hydroxyl groups is 1. The van der Waals surface area contributed by atoms with Crippen molar-refractivity contribution in [1.29, 1.82) is 0 Å². The Labute approximate surface area is 130 Å². The molecule has 3 atom stereocenters. The Balaban J connectivity index is 1.61. The van der Waals surface area contributed by atoms with Crippen LogP contribution in [-0.4, -0.2) is 52.6 Å². The van der Waals surface area contributed by atoms with Gasteiger partial charge in [-0.3, -0.25) is 9.69 Å². The van der Waals surface area contributed by atoms with Gasteiger partial charge < -0.3 is 10.0 Å². The van der Waals surface area contributed by atoms with Crippen LogP contribution in [0.15, 0.2) is 11.4 Å². The average Bonchev–Trinajstić information content (AvgIpc) is 3.13. The number of likely N-dealkylation sites (tertiary alicyclic amines) is 1. The Morgan fingerprint density at radius 1 is 1.43 bits per heavy atom. The van der Waals surface area contributed by atoms with E-state index in [0.717, 1.165) is 39.0 Å². The molecule has 5 heteroatoms. The summed E-state index contributed by atoms with van der Waals surface area (Å²) < 4.78 is 0. The van der Waals surface area contributed by atoms with Crippen molar-refractivity contribution in [2.45, 2.75) is 45.4 Å². The minimum Gasteiger partial charge on any atom is -0.393 e. The summed E-state index contributed by atoms with van der Waals surface area (Å²) >= 11 is 1.80. The highest BCUT2D eigenvalue weighted by Crippen LogP contribution is 2.26. The van der Waals surface area contributed by atoms with E-state index in [-0.39, 0.29) is 18.1 Å². The highest BCUT2D eigenvalue weighted by molar-refractivity contribution is 7.10. The topological polar surface area (TPSA) is 43.8 Å². The van der Waals surface area contributed by atoms with Crippen LogP contribution in [0.25, 0.3) is 0 Å². The minimum absolute atomic E-state index is 0.0751. The highest BCUT2D eigenvalue weighted by atomic mass is 32.1. The van der Waals surface area contributed by atoms with E-state index in [1.807, 2.05) is 18.7 Å². The molecule has 0 aromatic carbocycles. The van der Waals surface area contributed by atoms with E-state index >= 15 is 0 Å². The molecule has 1 fully saturated rings. The maximum absolute atomic E-state index is 12.7. The first-order valence-corrected chi connectivity index (χ1v) is 8.70. The summed E-state index contributed by atoms with van der Waals surface area (Å²) in [6.07, 6.45) is 1.70. The lowest BCUT2D eigenvalue weighted by molar-refractivity contribution is -0.137. The van der Waals surface area contributed by atoms with E-state index in [4.69, 9.17) is 0 Å². The second-order valence-corrected chi connectivity index (χ2v) is 7.34. The zero-order chi connectivity index (χ0) is 15.0. The summed E-state index contributed by atoms with van der Waals surface area (Å²) in [4.78, 5) is 18.4. The van der Waals surface area contributed by atoms with Crippen molar-refractivity contribution in [2.75, 3.05) is 19.6 Å². The third-order valence-electron chi connectivity index (χ3n) is 4.96. The van der Waals surface area contributed by atoms with Crippen LogP contribution in [0.5, 0.6) is 0 Å². The van der Waals surface area contributed by atoms with Gasteiger partial charge in [0.2, 0.25) is 5.91 Å². The van der Waals surface area contributed by atoms with E-state index in [1.54, 1.807) is 11.3 Å². The number of amides is 1.